The van der Waals surface area contributed by atoms with Crippen molar-refractivity contribution in [2.45, 2.75) is 57.8 Å². The van der Waals surface area contributed by atoms with Gasteiger partial charge in [0.05, 0.1) is 10.4 Å². The summed E-state index contributed by atoms with van der Waals surface area (Å²) in [6.07, 6.45) is 12.7. The fraction of sp³-hybridized carbons (Fsp3) is 0.536. The van der Waals surface area contributed by atoms with Gasteiger partial charge in [-0.2, -0.15) is 0 Å². The van der Waals surface area contributed by atoms with E-state index in [-0.39, 0.29) is 23.6 Å². The Balaban J connectivity index is 1.04. The van der Waals surface area contributed by atoms with E-state index in [1.54, 1.807) is 17.5 Å². The van der Waals surface area contributed by atoms with Gasteiger partial charge in [0.25, 0.3) is 0 Å². The molecule has 1 N–H and O–H groups in total. The van der Waals surface area contributed by atoms with Crippen LogP contribution in [0.25, 0.3) is 0 Å². The molecule has 0 aromatic carbocycles. The summed E-state index contributed by atoms with van der Waals surface area (Å²) in [5.41, 5.74) is 2.95. The Morgan fingerprint density at radius 1 is 1.14 bits per heavy atom. The number of carbonyl (C=O) groups excluding carboxylic acids is 3. The van der Waals surface area contributed by atoms with Crippen LogP contribution >= 0.6 is 11.3 Å². The average Bonchev–Trinajstić information content (AvgIpc) is 3.65. The van der Waals surface area contributed by atoms with Gasteiger partial charge in [0.1, 0.15) is 5.82 Å². The van der Waals surface area contributed by atoms with Crippen LogP contribution in [0.4, 0.5) is 5.82 Å². The average molecular weight is 520 g/mol. The van der Waals surface area contributed by atoms with Crippen molar-refractivity contribution < 1.29 is 14.4 Å². The van der Waals surface area contributed by atoms with Crippen molar-refractivity contribution in [1.82, 2.24) is 19.8 Å². The minimum atomic E-state index is -0.472. The number of hydrogen-bond acceptors (Lipinski definition) is 6. The van der Waals surface area contributed by atoms with E-state index in [0.717, 1.165) is 48.4 Å². The molecule has 5 heterocycles. The van der Waals surface area contributed by atoms with Gasteiger partial charge in [0.15, 0.2) is 0 Å². The molecule has 0 bridgehead atoms. The topological polar surface area (TPSA) is 95.5 Å². The van der Waals surface area contributed by atoms with Crippen LogP contribution in [0.2, 0.25) is 0 Å². The summed E-state index contributed by atoms with van der Waals surface area (Å²) in [6, 6.07) is 2.11. The molecular formula is C28H33N5O3S. The van der Waals surface area contributed by atoms with Crippen molar-refractivity contribution in [3.63, 3.8) is 0 Å². The lowest BCUT2D eigenvalue weighted by Crippen LogP contribution is -2.51. The van der Waals surface area contributed by atoms with Gasteiger partial charge in [-0.25, -0.2) is 9.97 Å². The number of nitrogens with one attached hydrogen (secondary N) is 1. The Hall–Kier alpha value is -3.07. The van der Waals surface area contributed by atoms with Crippen LogP contribution in [0.1, 0.15) is 54.7 Å². The van der Waals surface area contributed by atoms with Gasteiger partial charge >= 0.3 is 0 Å². The van der Waals surface area contributed by atoms with Crippen LogP contribution in [0, 0.1) is 11.3 Å². The highest BCUT2D eigenvalue weighted by atomic mass is 32.1. The number of pyridine rings is 1. The SMILES string of the molecule is O=C(CCc1cnc2c(c1)CC1(CCN(C(=O)C3CC3)CC1)C(=O)N2)N1CC=C(Cc2nccs2)CC1. The van der Waals surface area contributed by atoms with E-state index in [1.807, 2.05) is 21.4 Å². The van der Waals surface area contributed by atoms with Crippen molar-refractivity contribution >= 4 is 34.9 Å². The maximum absolute atomic E-state index is 13.0. The third kappa shape index (κ3) is 5.19. The molecule has 4 aliphatic rings. The van der Waals surface area contributed by atoms with E-state index in [0.29, 0.717) is 57.6 Å². The Morgan fingerprint density at radius 2 is 1.97 bits per heavy atom. The van der Waals surface area contributed by atoms with E-state index in [1.165, 1.54) is 5.57 Å². The maximum atomic E-state index is 13.0. The van der Waals surface area contributed by atoms with Crippen LogP contribution in [0.5, 0.6) is 0 Å². The molecule has 2 aromatic heterocycles. The molecule has 3 aliphatic heterocycles. The Bertz CT molecular complexity index is 1230. The summed E-state index contributed by atoms with van der Waals surface area (Å²) in [4.78, 5) is 51.1. The van der Waals surface area contributed by atoms with Gasteiger partial charge < -0.3 is 15.1 Å². The zero-order chi connectivity index (χ0) is 25.4. The highest BCUT2D eigenvalue weighted by Gasteiger charge is 2.46. The summed E-state index contributed by atoms with van der Waals surface area (Å²) in [7, 11) is 0. The molecule has 2 aromatic rings. The number of fused-ring (bicyclic) bond motifs is 1. The highest BCUT2D eigenvalue weighted by molar-refractivity contribution is 7.09. The van der Waals surface area contributed by atoms with Gasteiger partial charge in [-0.3, -0.25) is 14.4 Å². The minimum Gasteiger partial charge on any atom is -0.342 e. The molecule has 194 valence electrons. The number of anilines is 1. The standard InChI is InChI=1S/C28H33N5O3S/c34-24(32-10-5-19(6-11-32)16-23-29-9-14-37-23)4-1-20-15-22-17-28(27(36)31-25(22)30-18-20)7-12-33(13-8-28)26(35)21-2-3-21/h5,9,14-15,18,21H,1-4,6-8,10-13,16-17H2,(H,30,31,36). The Morgan fingerprint density at radius 3 is 2.68 bits per heavy atom. The fourth-order valence-corrected chi connectivity index (χ4v) is 6.49. The third-order valence-electron chi connectivity index (χ3n) is 8.37. The maximum Gasteiger partial charge on any atom is 0.232 e. The molecule has 3 amide bonds. The van der Waals surface area contributed by atoms with Gasteiger partial charge in [-0.05, 0) is 56.1 Å². The second kappa shape index (κ2) is 10.0. The molecular weight excluding hydrogens is 486 g/mol. The molecule has 1 spiro atoms. The van der Waals surface area contributed by atoms with Crippen LogP contribution in [0.3, 0.4) is 0 Å². The number of thiazole rings is 1. The Labute approximate surface area is 221 Å². The number of nitrogens with zero attached hydrogens (tertiary/aromatic N) is 4. The second-order valence-electron chi connectivity index (χ2n) is 10.9. The van der Waals surface area contributed by atoms with Crippen LogP contribution in [-0.2, 0) is 33.6 Å². The first-order chi connectivity index (χ1) is 18.0. The predicted molar refractivity (Wildman–Crippen MR) is 141 cm³/mol. The monoisotopic (exact) mass is 519 g/mol. The molecule has 0 radical (unpaired) electrons. The molecule has 1 aliphatic carbocycles. The number of hydrogen-bond donors (Lipinski definition) is 1. The molecule has 1 saturated heterocycles. The molecule has 6 rings (SSSR count). The molecule has 8 nitrogen and oxygen atoms in total. The largest absolute Gasteiger partial charge is 0.342 e. The van der Waals surface area contributed by atoms with Crippen molar-refractivity contribution in [2.75, 3.05) is 31.5 Å². The number of amides is 3. The molecule has 0 unspecified atom stereocenters. The fourth-order valence-electron chi connectivity index (χ4n) is 5.82. The minimum absolute atomic E-state index is 0.0290. The summed E-state index contributed by atoms with van der Waals surface area (Å²) < 4.78 is 0. The van der Waals surface area contributed by atoms with E-state index >= 15 is 0 Å². The molecule has 9 heteroatoms. The number of piperidine rings is 1. The lowest BCUT2D eigenvalue weighted by Gasteiger charge is -2.43. The summed E-state index contributed by atoms with van der Waals surface area (Å²) in [6.45, 7) is 2.72. The van der Waals surface area contributed by atoms with Gasteiger partial charge in [0.2, 0.25) is 17.7 Å². The Kier molecular flexibility index (Phi) is 6.56. The number of carbonyl (C=O) groups is 3. The van der Waals surface area contributed by atoms with E-state index in [2.05, 4.69) is 27.4 Å². The lowest BCUT2D eigenvalue weighted by molar-refractivity contribution is -0.139. The molecule has 2 fully saturated rings. The molecule has 0 atom stereocenters. The normalized spacial score (nSPS) is 20.9. The van der Waals surface area contributed by atoms with E-state index in [9.17, 15) is 14.4 Å². The van der Waals surface area contributed by atoms with Gasteiger partial charge in [0, 0.05) is 62.7 Å². The van der Waals surface area contributed by atoms with Crippen molar-refractivity contribution in [1.29, 1.82) is 0 Å². The van der Waals surface area contributed by atoms with Crippen LogP contribution in [0.15, 0.2) is 35.5 Å². The quantitative estimate of drug-likeness (QED) is 0.591. The number of aromatic nitrogens is 2. The second-order valence-corrected chi connectivity index (χ2v) is 11.9. The van der Waals surface area contributed by atoms with Crippen molar-refractivity contribution in [3.05, 3.63) is 51.6 Å². The predicted octanol–water partition coefficient (Wildman–Crippen LogP) is 3.39. The summed E-state index contributed by atoms with van der Waals surface area (Å²) >= 11 is 1.67. The smallest absolute Gasteiger partial charge is 0.232 e. The number of rotatable bonds is 6. The van der Waals surface area contributed by atoms with E-state index in [4.69, 9.17) is 0 Å². The first kappa shape index (κ1) is 24.3. The summed E-state index contributed by atoms with van der Waals surface area (Å²) in [5, 5.41) is 6.15. The first-order valence-corrected chi connectivity index (χ1v) is 14.3. The number of likely N-dealkylation sites (tertiary alicyclic amines) is 1. The van der Waals surface area contributed by atoms with Gasteiger partial charge in [-0.15, -0.1) is 11.3 Å². The lowest BCUT2D eigenvalue weighted by atomic mass is 9.71. The van der Waals surface area contributed by atoms with Crippen LogP contribution in [-0.4, -0.2) is 63.7 Å². The molecule has 37 heavy (non-hydrogen) atoms. The molecule has 1 saturated carbocycles. The number of aryl methyl sites for hydroxylation is 1. The zero-order valence-electron chi connectivity index (χ0n) is 21.1. The third-order valence-corrected chi connectivity index (χ3v) is 9.15. The zero-order valence-corrected chi connectivity index (χ0v) is 21.9. The van der Waals surface area contributed by atoms with Crippen molar-refractivity contribution in [2.24, 2.45) is 11.3 Å². The first-order valence-electron chi connectivity index (χ1n) is 13.4. The highest BCUT2D eigenvalue weighted by Crippen LogP contribution is 2.42. The van der Waals surface area contributed by atoms with Crippen LogP contribution < -0.4 is 5.32 Å². The van der Waals surface area contributed by atoms with Gasteiger partial charge in [-0.1, -0.05) is 17.7 Å². The summed E-state index contributed by atoms with van der Waals surface area (Å²) in [5.74, 6) is 1.31. The van der Waals surface area contributed by atoms with Crippen molar-refractivity contribution in [3.8, 4) is 0 Å². The van der Waals surface area contributed by atoms with E-state index < -0.39 is 5.41 Å².